The average molecular weight is 308 g/mol. The van der Waals surface area contributed by atoms with Gasteiger partial charge in [0.1, 0.15) is 5.82 Å². The summed E-state index contributed by atoms with van der Waals surface area (Å²) < 4.78 is 60.6. The lowest BCUT2D eigenvalue weighted by Crippen LogP contribution is -2.34. The van der Waals surface area contributed by atoms with E-state index >= 15 is 0 Å². The lowest BCUT2D eigenvalue weighted by Gasteiger charge is -2.20. The zero-order valence-corrected chi connectivity index (χ0v) is 11.5. The third-order valence-electron chi connectivity index (χ3n) is 2.74. The van der Waals surface area contributed by atoms with E-state index < -0.39 is 24.1 Å². The molecule has 1 rings (SSSR count). The van der Waals surface area contributed by atoms with Crippen LogP contribution in [0, 0.1) is 5.82 Å². The fourth-order valence-electron chi connectivity index (χ4n) is 1.68. The lowest BCUT2D eigenvalue weighted by molar-refractivity contribution is -0.206. The minimum absolute atomic E-state index is 0.203. The minimum Gasteiger partial charge on any atom is -0.449 e. The number of carbonyl (C=O) groups is 1. The van der Waals surface area contributed by atoms with Crippen LogP contribution in [0.15, 0.2) is 24.3 Å². The van der Waals surface area contributed by atoms with Crippen LogP contribution in [-0.4, -0.2) is 32.0 Å². The number of esters is 1. The summed E-state index contributed by atoms with van der Waals surface area (Å²) in [5, 5.41) is 0. The molecule has 0 bridgehead atoms. The number of halogens is 4. The number of carbonyl (C=O) groups excluding carboxylic acids is 1. The first kappa shape index (κ1) is 17.4. The fourth-order valence-corrected chi connectivity index (χ4v) is 1.68. The maximum absolute atomic E-state index is 12.9. The number of rotatable bonds is 7. The van der Waals surface area contributed by atoms with Gasteiger partial charge in [-0.2, -0.15) is 13.2 Å². The summed E-state index contributed by atoms with van der Waals surface area (Å²) in [5.41, 5.74) is -0.249. The van der Waals surface area contributed by atoms with Gasteiger partial charge in [-0.05, 0) is 37.5 Å². The summed E-state index contributed by atoms with van der Waals surface area (Å²) in [6.07, 6.45) is -6.58. The molecule has 118 valence electrons. The third kappa shape index (κ3) is 6.12. The molecule has 0 aromatic heterocycles. The number of hydrogen-bond donors (Lipinski definition) is 0. The highest BCUT2D eigenvalue weighted by atomic mass is 19.4. The van der Waals surface area contributed by atoms with Gasteiger partial charge in [0.15, 0.2) is 6.10 Å². The Kier molecular flexibility index (Phi) is 6.61. The highest BCUT2D eigenvalue weighted by molar-refractivity contribution is 5.89. The van der Waals surface area contributed by atoms with Crippen molar-refractivity contribution in [1.82, 2.24) is 0 Å². The normalized spacial score (nSPS) is 13.0. The molecular weight excluding hydrogens is 292 g/mol. The van der Waals surface area contributed by atoms with E-state index in [0.717, 1.165) is 12.1 Å². The highest BCUT2D eigenvalue weighted by Crippen LogP contribution is 2.27. The predicted molar refractivity (Wildman–Crippen MR) is 67.4 cm³/mol. The Bertz CT molecular complexity index is 460. The molecule has 0 fully saturated rings. The van der Waals surface area contributed by atoms with Crippen LogP contribution in [-0.2, 0) is 9.47 Å². The Balaban J connectivity index is 2.65. The number of ether oxygens (including phenoxy) is 2. The molecule has 0 radical (unpaired) electrons. The van der Waals surface area contributed by atoms with Crippen LogP contribution in [0.1, 0.15) is 29.6 Å². The van der Waals surface area contributed by atoms with Gasteiger partial charge in [0.25, 0.3) is 0 Å². The maximum atomic E-state index is 12.9. The van der Waals surface area contributed by atoms with E-state index in [-0.39, 0.29) is 18.4 Å². The second-order valence-corrected chi connectivity index (χ2v) is 4.43. The molecule has 0 saturated heterocycles. The second-order valence-electron chi connectivity index (χ2n) is 4.43. The summed E-state index contributed by atoms with van der Waals surface area (Å²) in [6, 6.07) is 4.35. The van der Waals surface area contributed by atoms with E-state index in [0.29, 0.717) is 13.0 Å². The Morgan fingerprint density at radius 3 is 2.57 bits per heavy atom. The molecular formula is C14H16F4O3. The topological polar surface area (TPSA) is 35.5 Å². The molecule has 1 aromatic carbocycles. The molecule has 0 heterocycles. The number of benzene rings is 1. The van der Waals surface area contributed by atoms with Crippen molar-refractivity contribution >= 4 is 5.97 Å². The van der Waals surface area contributed by atoms with Crippen molar-refractivity contribution in [3.63, 3.8) is 0 Å². The number of alkyl halides is 3. The molecule has 0 aliphatic carbocycles. The molecule has 0 saturated carbocycles. The minimum atomic E-state index is -4.66. The van der Waals surface area contributed by atoms with E-state index in [1.165, 1.54) is 19.2 Å². The van der Waals surface area contributed by atoms with Crippen LogP contribution < -0.4 is 0 Å². The van der Waals surface area contributed by atoms with E-state index in [1.54, 1.807) is 0 Å². The van der Waals surface area contributed by atoms with Crippen LogP contribution >= 0.6 is 0 Å². The van der Waals surface area contributed by atoms with Crippen molar-refractivity contribution in [2.75, 3.05) is 13.7 Å². The van der Waals surface area contributed by atoms with Crippen LogP contribution in [0.5, 0.6) is 0 Å². The van der Waals surface area contributed by atoms with Gasteiger partial charge in [0, 0.05) is 13.7 Å². The molecule has 21 heavy (non-hydrogen) atoms. The number of methoxy groups -OCH3 is 1. The summed E-state index contributed by atoms with van der Waals surface area (Å²) >= 11 is 0. The molecule has 1 aromatic rings. The van der Waals surface area contributed by atoms with Crippen molar-refractivity contribution < 1.29 is 31.8 Å². The third-order valence-corrected chi connectivity index (χ3v) is 2.74. The van der Waals surface area contributed by atoms with Crippen molar-refractivity contribution in [1.29, 1.82) is 0 Å². The highest BCUT2D eigenvalue weighted by Gasteiger charge is 2.42. The van der Waals surface area contributed by atoms with Crippen molar-refractivity contribution in [3.05, 3.63) is 35.6 Å². The Hall–Kier alpha value is -1.63. The molecule has 1 atom stereocenters. The summed E-state index contributed by atoms with van der Waals surface area (Å²) in [5.74, 6) is -1.91. The smallest absolute Gasteiger partial charge is 0.425 e. The van der Waals surface area contributed by atoms with E-state index in [2.05, 4.69) is 4.74 Å². The average Bonchev–Trinajstić information content (AvgIpc) is 2.40. The van der Waals surface area contributed by atoms with Gasteiger partial charge in [-0.25, -0.2) is 9.18 Å². The van der Waals surface area contributed by atoms with E-state index in [9.17, 15) is 22.4 Å². The number of hydrogen-bond acceptors (Lipinski definition) is 3. The Morgan fingerprint density at radius 1 is 1.29 bits per heavy atom. The first-order chi connectivity index (χ1) is 9.84. The first-order valence-electron chi connectivity index (χ1n) is 6.37. The van der Waals surface area contributed by atoms with Gasteiger partial charge in [0.2, 0.25) is 0 Å². The fraction of sp³-hybridized carbons (Fsp3) is 0.500. The second kappa shape index (κ2) is 7.97. The summed E-state index contributed by atoms with van der Waals surface area (Å²) in [7, 11) is 1.45. The van der Waals surface area contributed by atoms with Gasteiger partial charge in [-0.15, -0.1) is 0 Å². The van der Waals surface area contributed by atoms with Crippen LogP contribution in [0.2, 0.25) is 0 Å². The lowest BCUT2D eigenvalue weighted by atomic mass is 10.1. The zero-order valence-electron chi connectivity index (χ0n) is 11.5. The van der Waals surface area contributed by atoms with Gasteiger partial charge in [-0.1, -0.05) is 6.07 Å². The molecule has 0 spiro atoms. The Morgan fingerprint density at radius 2 is 2.00 bits per heavy atom. The van der Waals surface area contributed by atoms with Crippen molar-refractivity contribution in [2.45, 2.75) is 31.5 Å². The summed E-state index contributed by atoms with van der Waals surface area (Å²) in [4.78, 5) is 11.6. The maximum Gasteiger partial charge on any atom is 0.425 e. The molecule has 0 aliphatic rings. The standard InChI is InChI=1S/C14H16F4O3/c1-20-8-3-2-7-12(14(16,17)18)21-13(19)10-5-4-6-11(15)9-10/h4-6,9,12H,2-3,7-8H2,1H3. The van der Waals surface area contributed by atoms with Crippen LogP contribution in [0.3, 0.4) is 0 Å². The van der Waals surface area contributed by atoms with Crippen LogP contribution in [0.4, 0.5) is 17.6 Å². The molecule has 0 N–H and O–H groups in total. The largest absolute Gasteiger partial charge is 0.449 e. The summed E-state index contributed by atoms with van der Waals surface area (Å²) in [6.45, 7) is 0.336. The molecule has 3 nitrogen and oxygen atoms in total. The monoisotopic (exact) mass is 308 g/mol. The van der Waals surface area contributed by atoms with E-state index in [4.69, 9.17) is 4.74 Å². The Labute approximate surface area is 119 Å². The predicted octanol–water partition coefficient (Wildman–Crippen LogP) is 3.73. The SMILES string of the molecule is COCCCCC(OC(=O)c1cccc(F)c1)C(F)(F)F. The van der Waals surface area contributed by atoms with Crippen molar-refractivity contribution in [3.8, 4) is 0 Å². The van der Waals surface area contributed by atoms with Gasteiger partial charge in [-0.3, -0.25) is 0 Å². The van der Waals surface area contributed by atoms with Gasteiger partial charge in [0.05, 0.1) is 5.56 Å². The molecule has 0 aliphatic heterocycles. The molecule has 7 heteroatoms. The molecule has 1 unspecified atom stereocenters. The van der Waals surface area contributed by atoms with Gasteiger partial charge >= 0.3 is 12.1 Å². The quantitative estimate of drug-likeness (QED) is 0.437. The van der Waals surface area contributed by atoms with Gasteiger partial charge < -0.3 is 9.47 Å². The zero-order chi connectivity index (χ0) is 15.9. The number of unbranched alkanes of at least 4 members (excludes halogenated alkanes) is 1. The van der Waals surface area contributed by atoms with E-state index in [1.807, 2.05) is 0 Å². The first-order valence-corrected chi connectivity index (χ1v) is 6.37. The van der Waals surface area contributed by atoms with Crippen molar-refractivity contribution in [2.24, 2.45) is 0 Å². The van der Waals surface area contributed by atoms with Crippen LogP contribution in [0.25, 0.3) is 0 Å². The molecule has 0 amide bonds.